The zero-order chi connectivity index (χ0) is 28.5. The van der Waals surface area contributed by atoms with Crippen molar-refractivity contribution in [3.63, 3.8) is 0 Å². The second-order valence-corrected chi connectivity index (χ2v) is 8.07. The lowest BCUT2D eigenvalue weighted by Crippen LogP contribution is -2.11. The van der Waals surface area contributed by atoms with Crippen molar-refractivity contribution in [2.75, 3.05) is 0 Å². The molecule has 3 aromatic rings. The van der Waals surface area contributed by atoms with Crippen LogP contribution in [0.5, 0.6) is 28.7 Å². The first-order valence-electron chi connectivity index (χ1n) is 11.5. The lowest BCUT2D eigenvalue weighted by atomic mass is 10.1. The third-order valence-electron chi connectivity index (χ3n) is 4.67. The van der Waals surface area contributed by atoms with Gasteiger partial charge in [-0.15, -0.1) is 0 Å². The average Bonchev–Trinajstić information content (AvgIpc) is 2.83. The van der Waals surface area contributed by atoms with Crippen molar-refractivity contribution in [1.82, 2.24) is 0 Å². The van der Waals surface area contributed by atoms with Gasteiger partial charge in [-0.1, -0.05) is 24.3 Å². The maximum atomic E-state index is 12.6. The van der Waals surface area contributed by atoms with Gasteiger partial charge in [-0.05, 0) is 53.6 Å². The van der Waals surface area contributed by atoms with Gasteiger partial charge in [0, 0.05) is 33.8 Å². The summed E-state index contributed by atoms with van der Waals surface area (Å²) in [6.07, 6.45) is 3.48. The minimum atomic E-state index is -0.721. The topological polar surface area (TPSA) is 132 Å². The number of rotatable bonds is 8. The largest absolute Gasteiger partial charge is 0.427 e. The van der Waals surface area contributed by atoms with E-state index in [-0.39, 0.29) is 34.3 Å². The summed E-state index contributed by atoms with van der Waals surface area (Å²) in [7, 11) is 0. The fraction of sp³-hybridized carbons (Fsp3) is 0.138. The SMILES string of the molecule is CC(=O)Oc1cc(C=Cc2ccc(OC(=O)c3ccc(OC(C)=O)c(OC(C)=O)c3)cc2)cc(OC(C)=O)c1. The molecule has 0 amide bonds. The first-order valence-corrected chi connectivity index (χ1v) is 11.5. The molecule has 0 unspecified atom stereocenters. The van der Waals surface area contributed by atoms with Crippen molar-refractivity contribution in [2.45, 2.75) is 27.7 Å². The molecule has 0 heterocycles. The minimum absolute atomic E-state index is 0.0104. The lowest BCUT2D eigenvalue weighted by molar-refractivity contribution is -0.134. The van der Waals surface area contributed by atoms with E-state index in [1.54, 1.807) is 48.6 Å². The highest BCUT2D eigenvalue weighted by molar-refractivity contribution is 5.92. The standard InChI is InChI=1S/C29H24O10/c1-17(30)35-25-13-22(14-26(16-25)36-18(2)31)6-5-21-7-10-24(11-8-21)39-29(34)23-9-12-27(37-19(3)32)28(15-23)38-20(4)33/h5-16H,1-4H3. The Balaban J connectivity index is 1.74. The molecular formula is C29H24O10. The van der Waals surface area contributed by atoms with E-state index in [2.05, 4.69) is 0 Å². The van der Waals surface area contributed by atoms with Crippen molar-refractivity contribution in [3.8, 4) is 28.7 Å². The van der Waals surface area contributed by atoms with Gasteiger partial charge in [0.05, 0.1) is 5.56 Å². The molecule has 0 aliphatic rings. The molecule has 10 nitrogen and oxygen atoms in total. The Kier molecular flexibility index (Phi) is 9.31. The van der Waals surface area contributed by atoms with Crippen LogP contribution in [-0.4, -0.2) is 29.8 Å². The molecule has 3 aromatic carbocycles. The Morgan fingerprint density at radius 1 is 0.487 bits per heavy atom. The van der Waals surface area contributed by atoms with Crippen LogP contribution < -0.4 is 23.7 Å². The first-order chi connectivity index (χ1) is 18.5. The Bertz CT molecular complexity index is 1420. The number of ether oxygens (including phenoxy) is 5. The molecule has 0 N–H and O–H groups in total. The summed E-state index contributed by atoms with van der Waals surface area (Å²) in [6.45, 7) is 4.89. The van der Waals surface area contributed by atoms with Crippen LogP contribution in [0.2, 0.25) is 0 Å². The number of benzene rings is 3. The smallest absolute Gasteiger partial charge is 0.343 e. The molecule has 0 saturated heterocycles. The van der Waals surface area contributed by atoms with E-state index in [1.165, 1.54) is 52.0 Å². The monoisotopic (exact) mass is 532 g/mol. The van der Waals surface area contributed by atoms with E-state index in [9.17, 15) is 24.0 Å². The van der Waals surface area contributed by atoms with E-state index < -0.39 is 29.8 Å². The molecule has 0 radical (unpaired) electrons. The summed E-state index contributed by atoms with van der Waals surface area (Å²) < 4.78 is 25.6. The average molecular weight is 533 g/mol. The predicted molar refractivity (Wildman–Crippen MR) is 138 cm³/mol. The quantitative estimate of drug-likeness (QED) is 0.227. The van der Waals surface area contributed by atoms with Crippen LogP contribution in [-0.2, 0) is 19.2 Å². The van der Waals surface area contributed by atoms with E-state index in [0.29, 0.717) is 5.56 Å². The van der Waals surface area contributed by atoms with Gasteiger partial charge in [0.2, 0.25) is 0 Å². The van der Waals surface area contributed by atoms with Gasteiger partial charge in [-0.25, -0.2) is 4.79 Å². The van der Waals surface area contributed by atoms with Crippen molar-refractivity contribution >= 4 is 42.0 Å². The maximum absolute atomic E-state index is 12.6. The van der Waals surface area contributed by atoms with Crippen LogP contribution in [0.15, 0.2) is 60.7 Å². The minimum Gasteiger partial charge on any atom is -0.427 e. The second kappa shape index (κ2) is 12.8. The molecule has 0 saturated carbocycles. The molecule has 0 bridgehead atoms. The van der Waals surface area contributed by atoms with E-state index in [0.717, 1.165) is 5.56 Å². The van der Waals surface area contributed by atoms with Gasteiger partial charge in [0.25, 0.3) is 0 Å². The Morgan fingerprint density at radius 3 is 1.54 bits per heavy atom. The van der Waals surface area contributed by atoms with E-state index in [4.69, 9.17) is 23.7 Å². The number of carbonyl (C=O) groups is 5. The van der Waals surface area contributed by atoms with Gasteiger partial charge >= 0.3 is 29.8 Å². The summed E-state index contributed by atoms with van der Waals surface area (Å²) in [5, 5.41) is 0. The number of hydrogen-bond donors (Lipinski definition) is 0. The lowest BCUT2D eigenvalue weighted by Gasteiger charge is -2.10. The van der Waals surface area contributed by atoms with Gasteiger partial charge < -0.3 is 23.7 Å². The highest BCUT2D eigenvalue weighted by Gasteiger charge is 2.16. The Morgan fingerprint density at radius 2 is 1.00 bits per heavy atom. The van der Waals surface area contributed by atoms with Gasteiger partial charge in [0.1, 0.15) is 17.2 Å². The normalized spacial score (nSPS) is 10.5. The summed E-state index contributed by atoms with van der Waals surface area (Å²) in [5.41, 5.74) is 1.44. The number of carbonyl (C=O) groups excluding carboxylic acids is 5. The summed E-state index contributed by atoms with van der Waals surface area (Å²) in [5.74, 6) is -2.43. The van der Waals surface area contributed by atoms with Crippen LogP contribution in [0.3, 0.4) is 0 Å². The molecule has 200 valence electrons. The first kappa shape index (κ1) is 28.3. The van der Waals surface area contributed by atoms with Gasteiger partial charge in [-0.2, -0.15) is 0 Å². The van der Waals surface area contributed by atoms with Crippen LogP contribution in [0, 0.1) is 0 Å². The fourth-order valence-electron chi connectivity index (χ4n) is 3.25. The summed E-state index contributed by atoms with van der Waals surface area (Å²) in [6, 6.07) is 15.2. The van der Waals surface area contributed by atoms with Gasteiger partial charge in [-0.3, -0.25) is 19.2 Å². The molecule has 3 rings (SSSR count). The molecule has 0 fully saturated rings. The van der Waals surface area contributed by atoms with Crippen LogP contribution in [0.1, 0.15) is 49.2 Å². The van der Waals surface area contributed by atoms with Crippen LogP contribution >= 0.6 is 0 Å². The van der Waals surface area contributed by atoms with E-state index in [1.807, 2.05) is 0 Å². The maximum Gasteiger partial charge on any atom is 0.343 e. The van der Waals surface area contributed by atoms with Crippen molar-refractivity contribution in [3.05, 3.63) is 77.4 Å². The molecular weight excluding hydrogens is 508 g/mol. The predicted octanol–water partition coefficient (Wildman–Crippen LogP) is 4.78. The highest BCUT2D eigenvalue weighted by Crippen LogP contribution is 2.30. The number of hydrogen-bond acceptors (Lipinski definition) is 10. The van der Waals surface area contributed by atoms with E-state index >= 15 is 0 Å². The highest BCUT2D eigenvalue weighted by atomic mass is 16.6. The molecule has 0 atom stereocenters. The van der Waals surface area contributed by atoms with Crippen molar-refractivity contribution in [2.24, 2.45) is 0 Å². The zero-order valence-corrected chi connectivity index (χ0v) is 21.5. The van der Waals surface area contributed by atoms with Crippen LogP contribution in [0.25, 0.3) is 12.2 Å². The molecule has 0 spiro atoms. The Labute approximate surface area is 223 Å². The number of esters is 5. The summed E-state index contributed by atoms with van der Waals surface area (Å²) >= 11 is 0. The van der Waals surface area contributed by atoms with Gasteiger partial charge in [0.15, 0.2) is 11.5 Å². The summed E-state index contributed by atoms with van der Waals surface area (Å²) in [4.78, 5) is 58.0. The third-order valence-corrected chi connectivity index (χ3v) is 4.67. The van der Waals surface area contributed by atoms with Crippen molar-refractivity contribution < 1.29 is 47.7 Å². The third kappa shape index (κ3) is 8.97. The molecule has 0 aliphatic carbocycles. The molecule has 0 aliphatic heterocycles. The fourth-order valence-corrected chi connectivity index (χ4v) is 3.25. The zero-order valence-electron chi connectivity index (χ0n) is 21.5. The molecule has 0 aromatic heterocycles. The molecule has 39 heavy (non-hydrogen) atoms. The Hall–Kier alpha value is -5.25. The van der Waals surface area contributed by atoms with Crippen LogP contribution in [0.4, 0.5) is 0 Å². The second-order valence-electron chi connectivity index (χ2n) is 8.07. The molecule has 10 heteroatoms. The van der Waals surface area contributed by atoms with Crippen molar-refractivity contribution in [1.29, 1.82) is 0 Å².